The predicted octanol–water partition coefficient (Wildman–Crippen LogP) is 4.83. The minimum absolute atomic E-state index is 0.0326. The summed E-state index contributed by atoms with van der Waals surface area (Å²) in [5, 5.41) is 4.39. The van der Waals surface area contributed by atoms with Gasteiger partial charge < -0.3 is 4.74 Å². The lowest BCUT2D eigenvalue weighted by atomic mass is 10.2. The molecule has 1 aliphatic rings. The van der Waals surface area contributed by atoms with Crippen molar-refractivity contribution in [3.05, 3.63) is 88.4 Å². The van der Waals surface area contributed by atoms with Crippen molar-refractivity contribution < 1.29 is 17.9 Å². The third-order valence-electron chi connectivity index (χ3n) is 5.00. The zero-order valence-corrected chi connectivity index (χ0v) is 21.4. The topological polar surface area (TPSA) is 88.1 Å². The van der Waals surface area contributed by atoms with E-state index >= 15 is 0 Å². The second-order valence-corrected chi connectivity index (χ2v) is 11.3. The minimum atomic E-state index is -4.06. The summed E-state index contributed by atoms with van der Waals surface area (Å²) in [6.07, 6.45) is 1.72. The molecule has 1 amide bonds. The number of hydrogen-bond acceptors (Lipinski definition) is 6. The fourth-order valence-corrected chi connectivity index (χ4v) is 5.42. The van der Waals surface area contributed by atoms with E-state index in [0.717, 1.165) is 27.1 Å². The molecule has 0 radical (unpaired) electrons. The average Bonchev–Trinajstić information content (AvgIpc) is 2.83. The molecule has 7 nitrogen and oxygen atoms in total. The van der Waals surface area contributed by atoms with Gasteiger partial charge in [0.2, 0.25) is 0 Å². The van der Waals surface area contributed by atoms with Crippen LogP contribution >= 0.6 is 35.0 Å². The Hall–Kier alpha value is -2.72. The molecule has 182 valence electrons. The van der Waals surface area contributed by atoms with E-state index in [2.05, 4.69) is 10.5 Å². The summed E-state index contributed by atoms with van der Waals surface area (Å²) in [4.78, 5) is 12.7. The number of nitrogens with one attached hydrogen (secondary N) is 1. The molecule has 1 fully saturated rings. The largest absolute Gasteiger partial charge is 0.489 e. The molecule has 0 bridgehead atoms. The molecule has 0 aliphatic carbocycles. The summed E-state index contributed by atoms with van der Waals surface area (Å²) < 4.78 is 33.4. The van der Waals surface area contributed by atoms with Gasteiger partial charge in [-0.05, 0) is 60.2 Å². The van der Waals surface area contributed by atoms with Gasteiger partial charge in [0, 0.05) is 11.5 Å². The summed E-state index contributed by atoms with van der Waals surface area (Å²) in [6, 6.07) is 19.5. The Morgan fingerprint density at radius 3 is 2.40 bits per heavy atom. The van der Waals surface area contributed by atoms with Gasteiger partial charge in [-0.1, -0.05) is 41.4 Å². The lowest BCUT2D eigenvalue weighted by Crippen LogP contribution is -2.39. The second kappa shape index (κ2) is 11.3. The Morgan fingerprint density at radius 2 is 1.77 bits per heavy atom. The van der Waals surface area contributed by atoms with Gasteiger partial charge in [0.1, 0.15) is 18.4 Å². The molecule has 3 aromatic rings. The van der Waals surface area contributed by atoms with Crippen molar-refractivity contribution in [1.29, 1.82) is 0 Å². The Balaban J connectivity index is 1.46. The normalized spacial score (nSPS) is 13.9. The van der Waals surface area contributed by atoms with E-state index in [1.165, 1.54) is 36.5 Å². The van der Waals surface area contributed by atoms with Crippen LogP contribution in [0.2, 0.25) is 10.0 Å². The quantitative estimate of drug-likeness (QED) is 0.305. The van der Waals surface area contributed by atoms with Gasteiger partial charge in [-0.3, -0.25) is 9.10 Å². The van der Waals surface area contributed by atoms with Crippen molar-refractivity contribution in [2.45, 2.75) is 11.0 Å². The monoisotopic (exact) mass is 549 g/mol. The van der Waals surface area contributed by atoms with Crippen LogP contribution in [-0.2, 0) is 14.8 Å². The first kappa shape index (κ1) is 25.4. The van der Waals surface area contributed by atoms with Crippen LogP contribution in [0.15, 0.2) is 82.8 Å². The van der Waals surface area contributed by atoms with E-state index in [1.54, 1.807) is 18.2 Å². The van der Waals surface area contributed by atoms with Gasteiger partial charge in [-0.2, -0.15) is 16.9 Å². The Bertz CT molecular complexity index is 1320. The average molecular weight is 550 g/mol. The van der Waals surface area contributed by atoms with E-state index in [-0.39, 0.29) is 26.7 Å². The van der Waals surface area contributed by atoms with Crippen LogP contribution in [-0.4, -0.2) is 44.7 Å². The molecule has 0 unspecified atom stereocenters. The second-order valence-electron chi connectivity index (χ2n) is 7.56. The number of sulfonamides is 1. The maximum absolute atomic E-state index is 13.3. The number of hydrazone groups is 1. The zero-order chi connectivity index (χ0) is 24.8. The molecule has 35 heavy (non-hydrogen) atoms. The SMILES string of the molecule is O=C(CN(c1ccc(Cl)c(Cl)c1)S(=O)(=O)c1ccccc1)N/N=C\c1ccc(OC2CSC2)cc1. The van der Waals surface area contributed by atoms with Crippen LogP contribution in [0.1, 0.15) is 5.56 Å². The number of anilines is 1. The number of benzene rings is 3. The zero-order valence-electron chi connectivity index (χ0n) is 18.3. The van der Waals surface area contributed by atoms with Crippen LogP contribution < -0.4 is 14.5 Å². The highest BCUT2D eigenvalue weighted by molar-refractivity contribution is 8.00. The molecule has 4 rings (SSSR count). The summed E-state index contributed by atoms with van der Waals surface area (Å²) in [5.74, 6) is 2.14. The maximum Gasteiger partial charge on any atom is 0.264 e. The van der Waals surface area contributed by atoms with Crippen LogP contribution in [0, 0.1) is 0 Å². The highest BCUT2D eigenvalue weighted by Gasteiger charge is 2.27. The van der Waals surface area contributed by atoms with Gasteiger partial charge in [-0.15, -0.1) is 0 Å². The standard InChI is InChI=1S/C24H21Cl2N3O4S2/c25-22-11-8-18(12-23(22)26)29(35(31,32)21-4-2-1-3-5-21)14-24(30)28-27-13-17-6-9-19(10-7-17)33-20-15-34-16-20/h1-13,20H,14-16H2,(H,28,30)/b27-13-. The molecule has 3 aromatic carbocycles. The number of ether oxygens (including phenoxy) is 1. The molecule has 0 saturated carbocycles. The summed E-state index contributed by atoms with van der Waals surface area (Å²) >= 11 is 13.9. The highest BCUT2D eigenvalue weighted by Crippen LogP contribution is 2.30. The fraction of sp³-hybridized carbons (Fsp3) is 0.167. The number of carbonyl (C=O) groups is 1. The van der Waals surface area contributed by atoms with Crippen molar-refractivity contribution >= 4 is 62.8 Å². The van der Waals surface area contributed by atoms with Gasteiger partial charge in [-0.25, -0.2) is 13.8 Å². The van der Waals surface area contributed by atoms with Crippen LogP contribution in [0.4, 0.5) is 5.69 Å². The van der Waals surface area contributed by atoms with Gasteiger partial charge in [0.15, 0.2) is 0 Å². The van der Waals surface area contributed by atoms with Gasteiger partial charge >= 0.3 is 0 Å². The van der Waals surface area contributed by atoms with E-state index in [1.807, 2.05) is 36.0 Å². The lowest BCUT2D eigenvalue weighted by Gasteiger charge is -2.25. The Morgan fingerprint density at radius 1 is 1.06 bits per heavy atom. The number of thioether (sulfide) groups is 1. The minimum Gasteiger partial charge on any atom is -0.489 e. The summed E-state index contributed by atoms with van der Waals surface area (Å²) in [5.41, 5.74) is 3.32. The molecule has 0 aromatic heterocycles. The van der Waals surface area contributed by atoms with Crippen molar-refractivity contribution in [3.63, 3.8) is 0 Å². The fourth-order valence-electron chi connectivity index (χ4n) is 3.13. The van der Waals surface area contributed by atoms with Crippen molar-refractivity contribution in [2.24, 2.45) is 5.10 Å². The third-order valence-corrected chi connectivity index (χ3v) is 8.74. The van der Waals surface area contributed by atoms with Gasteiger partial charge in [0.05, 0.1) is 26.8 Å². The van der Waals surface area contributed by atoms with Crippen molar-refractivity contribution in [2.75, 3.05) is 22.4 Å². The lowest BCUT2D eigenvalue weighted by molar-refractivity contribution is -0.119. The summed E-state index contributed by atoms with van der Waals surface area (Å²) in [6.45, 7) is -0.515. The third kappa shape index (κ3) is 6.49. The molecule has 0 atom stereocenters. The molecule has 1 N–H and O–H groups in total. The number of carbonyl (C=O) groups excluding carboxylic acids is 1. The number of amides is 1. The van der Waals surface area contributed by atoms with E-state index < -0.39 is 22.5 Å². The molecular weight excluding hydrogens is 529 g/mol. The predicted molar refractivity (Wildman–Crippen MR) is 141 cm³/mol. The molecule has 1 aliphatic heterocycles. The smallest absolute Gasteiger partial charge is 0.264 e. The number of rotatable bonds is 9. The molecule has 1 saturated heterocycles. The molecule has 11 heteroatoms. The Kier molecular flexibility index (Phi) is 8.22. The van der Waals surface area contributed by atoms with E-state index in [9.17, 15) is 13.2 Å². The van der Waals surface area contributed by atoms with E-state index in [0.29, 0.717) is 0 Å². The molecule has 1 heterocycles. The van der Waals surface area contributed by atoms with Crippen LogP contribution in [0.5, 0.6) is 5.75 Å². The Labute approximate surface area is 218 Å². The van der Waals surface area contributed by atoms with E-state index in [4.69, 9.17) is 27.9 Å². The van der Waals surface area contributed by atoms with Crippen LogP contribution in [0.3, 0.4) is 0 Å². The number of halogens is 2. The summed E-state index contributed by atoms with van der Waals surface area (Å²) in [7, 11) is -4.06. The van der Waals surface area contributed by atoms with Gasteiger partial charge in [0.25, 0.3) is 15.9 Å². The first-order valence-electron chi connectivity index (χ1n) is 10.5. The molecular formula is C24H21Cl2N3O4S2. The van der Waals surface area contributed by atoms with Crippen molar-refractivity contribution in [1.82, 2.24) is 5.43 Å². The van der Waals surface area contributed by atoms with Crippen molar-refractivity contribution in [3.8, 4) is 5.75 Å². The maximum atomic E-state index is 13.3. The number of hydrogen-bond donors (Lipinski definition) is 1. The first-order chi connectivity index (χ1) is 16.8. The first-order valence-corrected chi connectivity index (χ1v) is 13.9. The van der Waals surface area contributed by atoms with Crippen LogP contribution in [0.25, 0.3) is 0 Å². The molecule has 0 spiro atoms. The number of nitrogens with zero attached hydrogens (tertiary/aromatic N) is 2. The highest BCUT2D eigenvalue weighted by atomic mass is 35.5.